The average molecular weight is 496 g/mol. The lowest BCUT2D eigenvalue weighted by molar-refractivity contribution is -0.127. The van der Waals surface area contributed by atoms with E-state index in [4.69, 9.17) is 4.74 Å². The fraction of sp³-hybridized carbons (Fsp3) is 0.593. The smallest absolute Gasteiger partial charge is 0.258 e. The summed E-state index contributed by atoms with van der Waals surface area (Å²) in [7, 11) is 0. The predicted octanol–water partition coefficient (Wildman–Crippen LogP) is 1.12. The van der Waals surface area contributed by atoms with Gasteiger partial charge in [-0.15, -0.1) is 0 Å². The van der Waals surface area contributed by atoms with Gasteiger partial charge >= 0.3 is 0 Å². The summed E-state index contributed by atoms with van der Waals surface area (Å²) in [5.74, 6) is -0.211. The van der Waals surface area contributed by atoms with Crippen LogP contribution >= 0.6 is 0 Å². The van der Waals surface area contributed by atoms with E-state index in [-0.39, 0.29) is 36.0 Å². The topological polar surface area (TPSA) is 99.9 Å². The maximum atomic E-state index is 13.4. The number of hydrogen-bond acceptors (Lipinski definition) is 7. The second-order valence-corrected chi connectivity index (χ2v) is 10.1. The Balaban J connectivity index is 1.33. The Bertz CT molecular complexity index is 1100. The predicted molar refractivity (Wildman–Crippen MR) is 136 cm³/mol. The number of likely N-dealkylation sites (tertiary alicyclic amines) is 1. The van der Waals surface area contributed by atoms with E-state index in [1.807, 2.05) is 28.8 Å². The first-order valence-electron chi connectivity index (χ1n) is 13.2. The summed E-state index contributed by atoms with van der Waals surface area (Å²) < 4.78 is 7.26. The fourth-order valence-corrected chi connectivity index (χ4v) is 6.32. The molecule has 9 nitrogen and oxygen atoms in total. The maximum absolute atomic E-state index is 13.4. The lowest BCUT2D eigenvalue weighted by atomic mass is 9.88. The van der Waals surface area contributed by atoms with Crippen LogP contribution in [0.2, 0.25) is 0 Å². The summed E-state index contributed by atoms with van der Waals surface area (Å²) in [6.45, 7) is 8.28. The van der Waals surface area contributed by atoms with Crippen LogP contribution in [0.5, 0.6) is 0 Å². The zero-order valence-corrected chi connectivity index (χ0v) is 21.0. The van der Waals surface area contributed by atoms with Crippen LogP contribution in [-0.4, -0.2) is 89.0 Å². The van der Waals surface area contributed by atoms with Crippen LogP contribution in [0.3, 0.4) is 0 Å². The van der Waals surface area contributed by atoms with Crippen LogP contribution in [0.15, 0.2) is 41.5 Å². The molecule has 4 atom stereocenters. The van der Waals surface area contributed by atoms with Gasteiger partial charge in [-0.05, 0) is 55.8 Å². The second kappa shape index (κ2) is 11.2. The number of aliphatic hydroxyl groups excluding tert-OH is 1. The summed E-state index contributed by atoms with van der Waals surface area (Å²) in [6.07, 6.45) is 5.16. The molecule has 0 radical (unpaired) electrons. The van der Waals surface area contributed by atoms with Crippen molar-refractivity contribution in [3.05, 3.63) is 52.7 Å². The molecule has 2 aromatic heterocycles. The summed E-state index contributed by atoms with van der Waals surface area (Å²) in [4.78, 5) is 35.5. The fourth-order valence-electron chi connectivity index (χ4n) is 6.32. The van der Waals surface area contributed by atoms with Gasteiger partial charge in [0.2, 0.25) is 5.91 Å². The Morgan fingerprint density at radius 3 is 2.67 bits per heavy atom. The zero-order valence-electron chi connectivity index (χ0n) is 21.0. The molecule has 0 spiro atoms. The number of nitrogens with zero attached hydrogens (tertiary/aromatic N) is 4. The van der Waals surface area contributed by atoms with Crippen molar-refractivity contribution in [1.82, 2.24) is 24.7 Å². The molecule has 9 heteroatoms. The van der Waals surface area contributed by atoms with Crippen LogP contribution in [-0.2, 0) is 16.1 Å². The Hall–Kier alpha value is -2.59. The van der Waals surface area contributed by atoms with E-state index in [1.165, 1.54) is 0 Å². The molecule has 3 aliphatic heterocycles. The molecule has 0 saturated carbocycles. The van der Waals surface area contributed by atoms with Gasteiger partial charge in [-0.3, -0.25) is 24.4 Å². The highest BCUT2D eigenvalue weighted by Crippen LogP contribution is 2.49. The Kier molecular flexibility index (Phi) is 7.81. The first-order chi connectivity index (χ1) is 17.6. The van der Waals surface area contributed by atoms with Gasteiger partial charge in [-0.25, -0.2) is 0 Å². The van der Waals surface area contributed by atoms with E-state index in [0.29, 0.717) is 18.7 Å². The van der Waals surface area contributed by atoms with E-state index in [1.54, 1.807) is 12.4 Å². The maximum Gasteiger partial charge on any atom is 0.258 e. The number of carbonyl (C=O) groups excluding carboxylic acids is 1. The van der Waals surface area contributed by atoms with E-state index in [9.17, 15) is 14.7 Å². The van der Waals surface area contributed by atoms with E-state index in [2.05, 4.69) is 27.0 Å². The number of ether oxygens (including phenoxy) is 1. The molecule has 1 amide bonds. The third-order valence-corrected chi connectivity index (χ3v) is 7.99. The highest BCUT2D eigenvalue weighted by Gasteiger charge is 2.55. The van der Waals surface area contributed by atoms with Gasteiger partial charge in [0.05, 0.1) is 25.3 Å². The number of morpholine rings is 1. The second-order valence-electron chi connectivity index (χ2n) is 10.1. The van der Waals surface area contributed by atoms with Gasteiger partial charge in [0.25, 0.3) is 5.56 Å². The highest BCUT2D eigenvalue weighted by atomic mass is 16.5. The number of aliphatic hydroxyl groups is 1. The molecule has 5 rings (SSSR count). The molecular formula is C27H37N5O4. The van der Waals surface area contributed by atoms with Crippen molar-refractivity contribution in [2.45, 2.75) is 38.4 Å². The summed E-state index contributed by atoms with van der Waals surface area (Å²) >= 11 is 0. The minimum absolute atomic E-state index is 0.0128. The molecule has 0 unspecified atom stereocenters. The highest BCUT2D eigenvalue weighted by molar-refractivity contribution is 5.82. The molecule has 2 saturated heterocycles. The van der Waals surface area contributed by atoms with Crippen molar-refractivity contribution in [3.63, 3.8) is 0 Å². The third kappa shape index (κ3) is 4.72. The van der Waals surface area contributed by atoms with E-state index < -0.39 is 6.04 Å². The van der Waals surface area contributed by atoms with Crippen molar-refractivity contribution < 1.29 is 14.6 Å². The van der Waals surface area contributed by atoms with E-state index in [0.717, 1.165) is 63.5 Å². The monoisotopic (exact) mass is 495 g/mol. The van der Waals surface area contributed by atoms with Gasteiger partial charge in [0, 0.05) is 68.3 Å². The Morgan fingerprint density at radius 1 is 1.17 bits per heavy atom. The van der Waals surface area contributed by atoms with Gasteiger partial charge in [0.15, 0.2) is 0 Å². The average Bonchev–Trinajstić information content (AvgIpc) is 3.43. The molecule has 0 aromatic carbocycles. The van der Waals surface area contributed by atoms with Crippen molar-refractivity contribution in [2.24, 2.45) is 11.8 Å². The quantitative estimate of drug-likeness (QED) is 0.503. The van der Waals surface area contributed by atoms with Crippen molar-refractivity contribution in [1.29, 1.82) is 0 Å². The number of hydrogen-bond donors (Lipinski definition) is 2. The number of carbonyl (C=O) groups is 1. The standard InChI is InChI=1S/C27H37N5O4/c1-2-11-31-24-21(17-32-23(24)5-4-20(27(32)35)19-6-9-28-10-7-19)22(18-33)25(31)26(34)29-8-3-12-30-13-15-36-16-14-30/h4-7,9-10,21-22,24-25,33H,2-3,8,11-18H2,1H3,(H,29,34)/t21-,22-,24+,25-/m0/s1. The van der Waals surface area contributed by atoms with Crippen molar-refractivity contribution >= 4 is 5.91 Å². The largest absolute Gasteiger partial charge is 0.396 e. The van der Waals surface area contributed by atoms with Crippen LogP contribution in [0.4, 0.5) is 0 Å². The van der Waals surface area contributed by atoms with Gasteiger partial charge < -0.3 is 19.7 Å². The molecule has 0 aliphatic carbocycles. The zero-order chi connectivity index (χ0) is 25.1. The first kappa shape index (κ1) is 25.1. The van der Waals surface area contributed by atoms with Crippen LogP contribution < -0.4 is 10.9 Å². The lowest BCUT2D eigenvalue weighted by Crippen LogP contribution is -2.49. The minimum atomic E-state index is -0.392. The van der Waals surface area contributed by atoms with Crippen LogP contribution in [0.1, 0.15) is 31.5 Å². The molecule has 2 aromatic rings. The molecule has 194 valence electrons. The van der Waals surface area contributed by atoms with Gasteiger partial charge in [-0.2, -0.15) is 0 Å². The van der Waals surface area contributed by atoms with Gasteiger partial charge in [-0.1, -0.05) is 6.92 Å². The third-order valence-electron chi connectivity index (χ3n) is 7.99. The number of pyridine rings is 2. The molecule has 0 bridgehead atoms. The Labute approximate surface area is 212 Å². The number of amides is 1. The number of aromatic nitrogens is 2. The number of fused-ring (bicyclic) bond motifs is 3. The van der Waals surface area contributed by atoms with Gasteiger partial charge in [0.1, 0.15) is 0 Å². The normalized spacial score (nSPS) is 26.1. The summed E-state index contributed by atoms with van der Waals surface area (Å²) in [5, 5.41) is 13.6. The van der Waals surface area contributed by atoms with Crippen LogP contribution in [0.25, 0.3) is 11.1 Å². The minimum Gasteiger partial charge on any atom is -0.396 e. The summed E-state index contributed by atoms with van der Waals surface area (Å²) in [6, 6.07) is 7.17. The Morgan fingerprint density at radius 2 is 1.94 bits per heavy atom. The number of nitrogens with one attached hydrogen (secondary N) is 1. The molecule has 2 fully saturated rings. The lowest BCUT2D eigenvalue weighted by Gasteiger charge is -2.31. The summed E-state index contributed by atoms with van der Waals surface area (Å²) in [5.41, 5.74) is 2.42. The SMILES string of the molecule is CCCN1[C@H](C(=O)NCCCN2CCOCC2)[C@@H](CO)[C@@H]2Cn3c(ccc(-c4ccncc4)c3=O)[C@@H]21. The molecule has 3 aliphatic rings. The molecule has 36 heavy (non-hydrogen) atoms. The number of rotatable bonds is 9. The van der Waals surface area contributed by atoms with Crippen LogP contribution in [0, 0.1) is 11.8 Å². The first-order valence-corrected chi connectivity index (χ1v) is 13.2. The molecular weight excluding hydrogens is 458 g/mol. The van der Waals surface area contributed by atoms with Crippen molar-refractivity contribution in [2.75, 3.05) is 52.5 Å². The molecule has 5 heterocycles. The van der Waals surface area contributed by atoms with E-state index >= 15 is 0 Å². The molecule has 2 N–H and O–H groups in total. The van der Waals surface area contributed by atoms with Crippen molar-refractivity contribution in [3.8, 4) is 11.1 Å².